The number of amides is 1. The summed E-state index contributed by atoms with van der Waals surface area (Å²) in [4.78, 5) is 26.5. The van der Waals surface area contributed by atoms with Gasteiger partial charge in [0.1, 0.15) is 0 Å². The van der Waals surface area contributed by atoms with E-state index < -0.39 is 35.0 Å². The molecule has 7 nitrogen and oxygen atoms in total. The van der Waals surface area contributed by atoms with Gasteiger partial charge < -0.3 is 9.64 Å². The van der Waals surface area contributed by atoms with E-state index >= 15 is 0 Å². The fourth-order valence-electron chi connectivity index (χ4n) is 4.06. The molecule has 13 heteroatoms. The van der Waals surface area contributed by atoms with Crippen molar-refractivity contribution in [2.45, 2.75) is 32.1 Å². The molecule has 1 aromatic carbocycles. The Morgan fingerprint density at radius 1 is 0.972 bits per heavy atom. The van der Waals surface area contributed by atoms with Gasteiger partial charge in [0.05, 0.1) is 29.2 Å². The van der Waals surface area contributed by atoms with Gasteiger partial charge in [0.15, 0.2) is 11.5 Å². The number of pyridine rings is 1. The molecule has 0 unspecified atom stereocenters. The van der Waals surface area contributed by atoms with E-state index in [-0.39, 0.29) is 54.7 Å². The molecule has 3 aromatic rings. The van der Waals surface area contributed by atoms with Crippen LogP contribution < -0.4 is 0 Å². The number of carbonyl (C=O) groups is 2. The van der Waals surface area contributed by atoms with E-state index in [9.17, 15) is 35.9 Å². The first-order valence-electron chi connectivity index (χ1n) is 11.0. The molecule has 1 fully saturated rings. The molecule has 0 saturated carbocycles. The van der Waals surface area contributed by atoms with Crippen LogP contribution in [0.25, 0.3) is 17.0 Å². The first-order chi connectivity index (χ1) is 16.9. The number of alkyl halides is 6. The predicted octanol–water partition coefficient (Wildman–Crippen LogP) is 4.85. The average Bonchev–Trinajstić information content (AvgIpc) is 3.26. The van der Waals surface area contributed by atoms with Gasteiger partial charge in [-0.25, -0.2) is 0 Å². The lowest BCUT2D eigenvalue weighted by Gasteiger charge is -2.31. The largest absolute Gasteiger partial charge is 0.466 e. The van der Waals surface area contributed by atoms with Crippen molar-refractivity contribution in [3.8, 4) is 11.4 Å². The van der Waals surface area contributed by atoms with Gasteiger partial charge in [0.25, 0.3) is 5.91 Å². The molecule has 0 radical (unpaired) electrons. The number of esters is 1. The van der Waals surface area contributed by atoms with Crippen LogP contribution in [0.15, 0.2) is 36.5 Å². The molecule has 2 aromatic heterocycles. The number of nitrogens with zero attached hydrogens (tertiary/aromatic N) is 4. The summed E-state index contributed by atoms with van der Waals surface area (Å²) in [7, 11) is 0. The zero-order valence-electron chi connectivity index (χ0n) is 18.9. The van der Waals surface area contributed by atoms with Crippen molar-refractivity contribution in [2.24, 2.45) is 5.92 Å². The SMILES string of the molecule is CCOC(=O)C1CCN(C(=O)c2ccc3nnc(-c4cc(C(F)(F)F)cc(C(F)(F)F)c4)n3c2)CC1. The highest BCUT2D eigenvalue weighted by atomic mass is 19.4. The van der Waals surface area contributed by atoms with Crippen LogP contribution in [0.5, 0.6) is 0 Å². The summed E-state index contributed by atoms with van der Waals surface area (Å²) in [6.45, 7) is 2.54. The van der Waals surface area contributed by atoms with Crippen molar-refractivity contribution in [1.29, 1.82) is 0 Å². The minimum atomic E-state index is -5.02. The number of halogens is 6. The number of benzene rings is 1. The fourth-order valence-corrected chi connectivity index (χ4v) is 4.06. The number of hydrogen-bond donors (Lipinski definition) is 0. The summed E-state index contributed by atoms with van der Waals surface area (Å²) in [6.07, 6.45) is -7.94. The third-order valence-electron chi connectivity index (χ3n) is 5.90. The Morgan fingerprint density at radius 3 is 2.14 bits per heavy atom. The number of likely N-dealkylation sites (tertiary alicyclic amines) is 1. The van der Waals surface area contributed by atoms with Crippen LogP contribution in [0, 0.1) is 5.92 Å². The van der Waals surface area contributed by atoms with Gasteiger partial charge in [-0.05, 0) is 50.1 Å². The van der Waals surface area contributed by atoms with Gasteiger partial charge in [-0.1, -0.05) is 0 Å². The zero-order valence-corrected chi connectivity index (χ0v) is 18.9. The van der Waals surface area contributed by atoms with Crippen molar-refractivity contribution in [1.82, 2.24) is 19.5 Å². The number of carbonyl (C=O) groups excluding carboxylic acids is 2. The minimum absolute atomic E-state index is 0.0294. The number of ether oxygens (including phenoxy) is 1. The normalized spacial score (nSPS) is 15.4. The predicted molar refractivity (Wildman–Crippen MR) is 114 cm³/mol. The van der Waals surface area contributed by atoms with Gasteiger partial charge >= 0.3 is 18.3 Å². The molecule has 1 saturated heterocycles. The first kappa shape index (κ1) is 25.5. The van der Waals surface area contributed by atoms with E-state index in [2.05, 4.69) is 10.2 Å². The lowest BCUT2D eigenvalue weighted by molar-refractivity contribution is -0.149. The summed E-state index contributed by atoms with van der Waals surface area (Å²) >= 11 is 0. The van der Waals surface area contributed by atoms with Gasteiger partial charge in [0.2, 0.25) is 0 Å². The second kappa shape index (κ2) is 9.43. The second-order valence-electron chi connectivity index (χ2n) is 8.28. The second-order valence-corrected chi connectivity index (χ2v) is 8.28. The monoisotopic (exact) mass is 514 g/mol. The first-order valence-corrected chi connectivity index (χ1v) is 11.0. The minimum Gasteiger partial charge on any atom is -0.466 e. The standard InChI is InChI=1S/C23H20F6N4O3/c1-2-36-21(35)13-5-7-32(8-6-13)20(34)14-3-4-18-30-31-19(33(18)12-14)15-9-16(22(24,25)26)11-17(10-15)23(27,28)29/h3-4,9-13H,2,5-8H2,1H3. The molecular formula is C23H20F6N4O3. The lowest BCUT2D eigenvalue weighted by Crippen LogP contribution is -2.40. The van der Waals surface area contributed by atoms with Crippen molar-refractivity contribution in [2.75, 3.05) is 19.7 Å². The lowest BCUT2D eigenvalue weighted by atomic mass is 9.96. The van der Waals surface area contributed by atoms with E-state index in [1.165, 1.54) is 27.6 Å². The molecule has 1 aliphatic rings. The topological polar surface area (TPSA) is 76.8 Å². The molecule has 1 amide bonds. The number of fused-ring (bicyclic) bond motifs is 1. The van der Waals surface area contributed by atoms with Crippen LogP contribution in [0.1, 0.15) is 41.3 Å². The van der Waals surface area contributed by atoms with Crippen LogP contribution in [0.4, 0.5) is 26.3 Å². The summed E-state index contributed by atoms with van der Waals surface area (Å²) in [5.41, 5.74) is -3.15. The van der Waals surface area contributed by atoms with Gasteiger partial charge in [0, 0.05) is 24.8 Å². The van der Waals surface area contributed by atoms with Crippen LogP contribution in [-0.4, -0.2) is 51.1 Å². The van der Waals surface area contributed by atoms with E-state index in [0.29, 0.717) is 25.0 Å². The Hall–Kier alpha value is -3.64. The highest BCUT2D eigenvalue weighted by molar-refractivity contribution is 5.94. The van der Waals surface area contributed by atoms with E-state index in [1.807, 2.05) is 0 Å². The van der Waals surface area contributed by atoms with Crippen molar-refractivity contribution in [3.05, 3.63) is 53.2 Å². The van der Waals surface area contributed by atoms with Crippen LogP contribution >= 0.6 is 0 Å². The van der Waals surface area contributed by atoms with Crippen LogP contribution in [0.2, 0.25) is 0 Å². The molecular weight excluding hydrogens is 494 g/mol. The Bertz CT molecular complexity index is 1260. The molecule has 1 aliphatic heterocycles. The third kappa shape index (κ3) is 5.14. The fraction of sp³-hybridized carbons (Fsp3) is 0.391. The van der Waals surface area contributed by atoms with Crippen LogP contribution in [0.3, 0.4) is 0 Å². The molecule has 36 heavy (non-hydrogen) atoms. The van der Waals surface area contributed by atoms with Crippen molar-refractivity contribution in [3.63, 3.8) is 0 Å². The quantitative estimate of drug-likeness (QED) is 0.368. The molecule has 0 atom stereocenters. The Labute approximate surface area is 200 Å². The zero-order chi connectivity index (χ0) is 26.3. The van der Waals surface area contributed by atoms with Gasteiger partial charge in [-0.3, -0.25) is 14.0 Å². The molecule has 0 aliphatic carbocycles. The molecule has 0 bridgehead atoms. The molecule has 0 spiro atoms. The Morgan fingerprint density at radius 2 is 1.58 bits per heavy atom. The number of hydrogen-bond acceptors (Lipinski definition) is 5. The maximum absolute atomic E-state index is 13.3. The van der Waals surface area contributed by atoms with Crippen LogP contribution in [-0.2, 0) is 21.9 Å². The maximum Gasteiger partial charge on any atom is 0.416 e. The molecule has 3 heterocycles. The van der Waals surface area contributed by atoms with Gasteiger partial charge in [-0.2, -0.15) is 26.3 Å². The Kier molecular flexibility index (Phi) is 6.67. The molecule has 0 N–H and O–H groups in total. The third-order valence-corrected chi connectivity index (χ3v) is 5.90. The van der Waals surface area contributed by atoms with Crippen molar-refractivity contribution < 1.29 is 40.7 Å². The number of piperidine rings is 1. The number of aromatic nitrogens is 3. The summed E-state index contributed by atoms with van der Waals surface area (Å²) in [5.74, 6) is -1.32. The molecule has 4 rings (SSSR count). The summed E-state index contributed by atoms with van der Waals surface area (Å²) in [5, 5.41) is 7.59. The molecule has 192 valence electrons. The maximum atomic E-state index is 13.3. The highest BCUT2D eigenvalue weighted by Crippen LogP contribution is 2.38. The summed E-state index contributed by atoms with van der Waals surface area (Å²) in [6, 6.07) is 3.98. The average molecular weight is 514 g/mol. The smallest absolute Gasteiger partial charge is 0.416 e. The van der Waals surface area contributed by atoms with E-state index in [4.69, 9.17) is 4.74 Å². The Balaban J connectivity index is 1.66. The van der Waals surface area contributed by atoms with Crippen molar-refractivity contribution >= 4 is 17.5 Å². The summed E-state index contributed by atoms with van der Waals surface area (Å²) < 4.78 is 86.0. The van der Waals surface area contributed by atoms with E-state index in [1.54, 1.807) is 6.92 Å². The van der Waals surface area contributed by atoms with Gasteiger partial charge in [-0.15, -0.1) is 10.2 Å². The highest BCUT2D eigenvalue weighted by Gasteiger charge is 2.37. The van der Waals surface area contributed by atoms with E-state index in [0.717, 1.165) is 0 Å². The number of rotatable bonds is 4.